The van der Waals surface area contributed by atoms with E-state index >= 15 is 0 Å². The van der Waals surface area contributed by atoms with Crippen molar-refractivity contribution in [1.29, 1.82) is 0 Å². The molecule has 0 amide bonds. The Morgan fingerprint density at radius 2 is 2.19 bits per heavy atom. The van der Waals surface area contributed by atoms with Crippen LogP contribution in [-0.4, -0.2) is 26.9 Å². The van der Waals surface area contributed by atoms with E-state index in [1.165, 1.54) is 25.6 Å². The fraction of sp³-hybridized carbons (Fsp3) is 0.400. The number of aromatic nitrogens is 3. The number of nitrogens with one attached hydrogen (secondary N) is 1. The summed E-state index contributed by atoms with van der Waals surface area (Å²) in [7, 11) is 0. The molecule has 1 aliphatic heterocycles. The Morgan fingerprint density at radius 1 is 1.28 bits per heavy atom. The first-order valence-corrected chi connectivity index (χ1v) is 13.0. The van der Waals surface area contributed by atoms with E-state index < -0.39 is 0 Å². The predicted molar refractivity (Wildman–Crippen MR) is 133 cm³/mol. The number of carbonyl (C=O) groups excluding carboxylic acids is 1. The molecular formula is C25H28N4OS2. The van der Waals surface area contributed by atoms with Crippen LogP contribution in [0.15, 0.2) is 36.9 Å². The van der Waals surface area contributed by atoms with Crippen molar-refractivity contribution in [3.8, 4) is 16.3 Å². The lowest BCUT2D eigenvalue weighted by Crippen LogP contribution is -2.22. The second kappa shape index (κ2) is 9.25. The maximum absolute atomic E-state index is 12.8. The zero-order valence-corrected chi connectivity index (χ0v) is 20.2. The molecule has 4 aromatic rings. The van der Waals surface area contributed by atoms with E-state index in [1.54, 1.807) is 35.2 Å². The van der Waals surface area contributed by atoms with Gasteiger partial charge in [-0.3, -0.25) is 4.79 Å². The number of nitrogens with zero attached hydrogens (tertiary/aromatic N) is 3. The Morgan fingerprint density at radius 3 is 3.00 bits per heavy atom. The number of carbonyl (C=O) groups is 1. The average molecular weight is 465 g/mol. The summed E-state index contributed by atoms with van der Waals surface area (Å²) in [6.45, 7) is 6.31. The van der Waals surface area contributed by atoms with E-state index in [-0.39, 0.29) is 0 Å². The molecule has 0 saturated heterocycles. The molecule has 0 aliphatic carbocycles. The van der Waals surface area contributed by atoms with Gasteiger partial charge >= 0.3 is 0 Å². The molecule has 0 fully saturated rings. The third-order valence-corrected chi connectivity index (χ3v) is 8.27. The van der Waals surface area contributed by atoms with E-state index in [0.717, 1.165) is 48.6 Å². The number of imidazole rings is 1. The molecule has 0 atom stereocenters. The van der Waals surface area contributed by atoms with E-state index in [2.05, 4.69) is 42.3 Å². The SMILES string of the molecule is CC(C)CCCC(=O)Cc1sc2c(c1-c1nc3cc(-n4ccnc4)ccc3s1)CCNC2. The van der Waals surface area contributed by atoms with Gasteiger partial charge in [0, 0.05) is 52.8 Å². The summed E-state index contributed by atoms with van der Waals surface area (Å²) in [5.41, 5.74) is 4.69. The Hall–Kier alpha value is -2.35. The smallest absolute Gasteiger partial charge is 0.138 e. The fourth-order valence-corrected chi connectivity index (χ4v) is 6.80. The number of fused-ring (bicyclic) bond motifs is 2. The molecular weight excluding hydrogens is 436 g/mol. The summed E-state index contributed by atoms with van der Waals surface area (Å²) in [6, 6.07) is 6.37. The highest BCUT2D eigenvalue weighted by molar-refractivity contribution is 7.22. The molecule has 0 unspecified atom stereocenters. The first-order chi connectivity index (χ1) is 15.6. The van der Waals surface area contributed by atoms with Crippen LogP contribution in [-0.2, 0) is 24.2 Å². The Kier molecular flexibility index (Phi) is 6.22. The van der Waals surface area contributed by atoms with Crippen molar-refractivity contribution in [2.24, 2.45) is 5.92 Å². The largest absolute Gasteiger partial charge is 0.312 e. The van der Waals surface area contributed by atoms with Gasteiger partial charge in [0.2, 0.25) is 0 Å². The number of hydrogen-bond acceptors (Lipinski definition) is 6. The maximum atomic E-state index is 12.8. The van der Waals surface area contributed by atoms with Crippen molar-refractivity contribution in [2.45, 2.75) is 52.5 Å². The van der Waals surface area contributed by atoms with Gasteiger partial charge < -0.3 is 9.88 Å². The van der Waals surface area contributed by atoms with Gasteiger partial charge in [-0.2, -0.15) is 0 Å². The van der Waals surface area contributed by atoms with Crippen LogP contribution < -0.4 is 5.32 Å². The van der Waals surface area contributed by atoms with Crippen molar-refractivity contribution < 1.29 is 4.79 Å². The topological polar surface area (TPSA) is 59.8 Å². The van der Waals surface area contributed by atoms with Crippen LogP contribution >= 0.6 is 22.7 Å². The van der Waals surface area contributed by atoms with Crippen LogP contribution in [0, 0.1) is 5.92 Å². The molecule has 4 heterocycles. The second-order valence-electron chi connectivity index (χ2n) is 8.87. The Labute approximate surface area is 196 Å². The van der Waals surface area contributed by atoms with Gasteiger partial charge in [0.1, 0.15) is 10.8 Å². The lowest BCUT2D eigenvalue weighted by molar-refractivity contribution is -0.118. The van der Waals surface area contributed by atoms with Crippen molar-refractivity contribution in [1.82, 2.24) is 19.9 Å². The third kappa shape index (κ3) is 4.42. The molecule has 5 nitrogen and oxygen atoms in total. The van der Waals surface area contributed by atoms with Crippen LogP contribution in [0.2, 0.25) is 0 Å². The lowest BCUT2D eigenvalue weighted by Gasteiger charge is -2.13. The molecule has 0 bridgehead atoms. The molecule has 0 saturated carbocycles. The molecule has 1 aliphatic rings. The molecule has 166 valence electrons. The van der Waals surface area contributed by atoms with Crippen molar-refractivity contribution in [2.75, 3.05) is 6.54 Å². The molecule has 0 radical (unpaired) electrons. The van der Waals surface area contributed by atoms with Gasteiger partial charge in [-0.25, -0.2) is 9.97 Å². The minimum atomic E-state index is 0.349. The van der Waals surface area contributed by atoms with Crippen LogP contribution in [0.4, 0.5) is 0 Å². The normalized spacial score (nSPS) is 13.7. The van der Waals surface area contributed by atoms with Crippen molar-refractivity contribution >= 4 is 38.7 Å². The molecule has 5 rings (SSSR count). The second-order valence-corrected chi connectivity index (χ2v) is 11.1. The van der Waals surface area contributed by atoms with E-state index in [0.29, 0.717) is 24.5 Å². The van der Waals surface area contributed by atoms with Gasteiger partial charge in [0.25, 0.3) is 0 Å². The summed E-state index contributed by atoms with van der Waals surface area (Å²) >= 11 is 3.54. The van der Waals surface area contributed by atoms with Crippen LogP contribution in [0.25, 0.3) is 26.5 Å². The summed E-state index contributed by atoms with van der Waals surface area (Å²) in [6.07, 6.45) is 9.83. The number of hydrogen-bond donors (Lipinski definition) is 1. The number of benzene rings is 1. The number of thiophene rings is 1. The molecule has 32 heavy (non-hydrogen) atoms. The summed E-state index contributed by atoms with van der Waals surface area (Å²) in [4.78, 5) is 24.6. The number of Topliss-reactive ketones (excluding diaryl/α,β-unsaturated/α-hetero) is 1. The summed E-state index contributed by atoms with van der Waals surface area (Å²) < 4.78 is 3.17. The molecule has 1 aromatic carbocycles. The predicted octanol–water partition coefficient (Wildman–Crippen LogP) is 5.79. The van der Waals surface area contributed by atoms with Crippen LogP contribution in [0.1, 0.15) is 48.4 Å². The average Bonchev–Trinajstić information content (AvgIpc) is 3.50. The highest BCUT2D eigenvalue weighted by atomic mass is 32.1. The summed E-state index contributed by atoms with van der Waals surface area (Å²) in [5.74, 6) is 0.996. The van der Waals surface area contributed by atoms with Crippen molar-refractivity contribution in [3.05, 3.63) is 52.2 Å². The number of ketones is 1. The highest BCUT2D eigenvalue weighted by Gasteiger charge is 2.25. The lowest BCUT2D eigenvalue weighted by atomic mass is 9.99. The quantitative estimate of drug-likeness (QED) is 0.358. The van der Waals surface area contributed by atoms with Crippen LogP contribution in [0.3, 0.4) is 0 Å². The van der Waals surface area contributed by atoms with E-state index in [4.69, 9.17) is 4.98 Å². The monoisotopic (exact) mass is 464 g/mol. The van der Waals surface area contributed by atoms with Gasteiger partial charge in [0.15, 0.2) is 0 Å². The minimum absolute atomic E-state index is 0.349. The Balaban J connectivity index is 1.48. The first-order valence-electron chi connectivity index (χ1n) is 11.3. The van der Waals surface area contributed by atoms with Gasteiger partial charge in [-0.05, 0) is 49.1 Å². The fourth-order valence-electron chi connectivity index (χ4n) is 4.33. The molecule has 0 spiro atoms. The first kappa shape index (κ1) is 21.5. The molecule has 3 aromatic heterocycles. The van der Waals surface area contributed by atoms with Crippen LogP contribution in [0.5, 0.6) is 0 Å². The van der Waals surface area contributed by atoms with Gasteiger partial charge in [-0.15, -0.1) is 22.7 Å². The number of thiazole rings is 1. The zero-order chi connectivity index (χ0) is 22.1. The van der Waals surface area contributed by atoms with Gasteiger partial charge in [0.05, 0.1) is 16.5 Å². The molecule has 7 heteroatoms. The summed E-state index contributed by atoms with van der Waals surface area (Å²) in [5, 5.41) is 4.53. The van der Waals surface area contributed by atoms with Gasteiger partial charge in [-0.1, -0.05) is 20.3 Å². The third-order valence-electron chi connectivity index (χ3n) is 5.98. The number of rotatable bonds is 8. The minimum Gasteiger partial charge on any atom is -0.312 e. The maximum Gasteiger partial charge on any atom is 0.138 e. The Bertz CT molecular complexity index is 1240. The van der Waals surface area contributed by atoms with E-state index in [1.807, 2.05) is 10.8 Å². The van der Waals surface area contributed by atoms with Crippen molar-refractivity contribution in [3.63, 3.8) is 0 Å². The molecule has 1 N–H and O–H groups in total. The standard InChI is InChI=1S/C25H28N4OS2/c1-16(2)4-3-5-18(30)13-22-24(19-8-9-26-14-23(19)31-22)25-28-20-12-17(6-7-21(20)32-25)29-11-10-27-15-29/h6-7,10-12,15-16,26H,3-5,8-9,13-14H2,1-2H3. The zero-order valence-electron chi connectivity index (χ0n) is 18.6. The van der Waals surface area contributed by atoms with E-state index in [9.17, 15) is 4.79 Å². The highest BCUT2D eigenvalue weighted by Crippen LogP contribution is 2.42.